The van der Waals surface area contributed by atoms with E-state index in [0.29, 0.717) is 17.2 Å². The molecular weight excluding hydrogens is 757 g/mol. The molecule has 292 valence electrons. The lowest BCUT2D eigenvalue weighted by Gasteiger charge is -2.11. The Balaban J connectivity index is 0.852. The molecule has 0 saturated heterocycles. The third kappa shape index (κ3) is 6.54. The summed E-state index contributed by atoms with van der Waals surface area (Å²) in [5.74, 6) is 5.28. The maximum atomic E-state index is 6.49. The fourth-order valence-electron chi connectivity index (χ4n) is 8.15. The van der Waals surface area contributed by atoms with E-state index in [1.54, 1.807) is 25.7 Å². The van der Waals surface area contributed by atoms with Crippen LogP contribution in [-0.4, -0.2) is 36.2 Å². The van der Waals surface area contributed by atoms with Crippen LogP contribution in [0.3, 0.4) is 0 Å². The van der Waals surface area contributed by atoms with Crippen LogP contribution in [0.15, 0.2) is 183 Å². The maximum Gasteiger partial charge on any atom is 0.137 e. The topological polar surface area (TPSA) is 89.1 Å². The van der Waals surface area contributed by atoms with Crippen molar-refractivity contribution in [3.63, 3.8) is 0 Å². The first-order chi connectivity index (χ1) is 30.1. The molecular formula is C52H36N6O3. The predicted molar refractivity (Wildman–Crippen MR) is 241 cm³/mol. The summed E-state index contributed by atoms with van der Waals surface area (Å²) in [6, 6.07) is 52.6. The molecule has 0 fully saturated rings. The van der Waals surface area contributed by atoms with E-state index in [9.17, 15) is 0 Å². The molecule has 6 aromatic carbocycles. The Kier molecular flexibility index (Phi) is 8.70. The second kappa shape index (κ2) is 14.8. The van der Waals surface area contributed by atoms with Gasteiger partial charge in [-0.1, -0.05) is 48.0 Å². The Morgan fingerprint density at radius 2 is 0.902 bits per heavy atom. The molecule has 0 saturated carbocycles. The van der Waals surface area contributed by atoms with Gasteiger partial charge in [-0.15, -0.1) is 0 Å². The summed E-state index contributed by atoms with van der Waals surface area (Å²) in [5, 5.41) is 4.47. The van der Waals surface area contributed by atoms with Crippen molar-refractivity contribution in [2.45, 2.75) is 6.92 Å². The second-order valence-corrected chi connectivity index (χ2v) is 14.9. The average Bonchev–Trinajstić information content (AvgIpc) is 3.80. The number of rotatable bonds is 9. The largest absolute Gasteiger partial charge is 0.497 e. The van der Waals surface area contributed by atoms with Crippen LogP contribution in [-0.2, 0) is 0 Å². The molecule has 0 aliphatic heterocycles. The Labute approximate surface area is 350 Å². The van der Waals surface area contributed by atoms with Crippen LogP contribution in [0.2, 0.25) is 0 Å². The number of pyridine rings is 2. The summed E-state index contributed by atoms with van der Waals surface area (Å²) < 4.78 is 22.9. The van der Waals surface area contributed by atoms with Gasteiger partial charge in [-0.05, 0) is 110 Å². The van der Waals surface area contributed by atoms with E-state index in [-0.39, 0.29) is 0 Å². The zero-order valence-corrected chi connectivity index (χ0v) is 33.2. The van der Waals surface area contributed by atoms with E-state index < -0.39 is 0 Å². The first kappa shape index (κ1) is 35.8. The van der Waals surface area contributed by atoms with Crippen LogP contribution < -0.4 is 14.2 Å². The van der Waals surface area contributed by atoms with Crippen molar-refractivity contribution in [2.24, 2.45) is 0 Å². The number of ether oxygens (including phenoxy) is 3. The summed E-state index contributed by atoms with van der Waals surface area (Å²) in [4.78, 5) is 19.0. The molecule has 5 heterocycles. The molecule has 9 nitrogen and oxygen atoms in total. The molecule has 0 radical (unpaired) electrons. The minimum absolute atomic E-state index is 0.684. The molecule has 11 rings (SSSR count). The zero-order valence-electron chi connectivity index (χ0n) is 33.2. The molecule has 9 heteroatoms. The average molecular weight is 793 g/mol. The normalized spacial score (nSPS) is 11.4. The van der Waals surface area contributed by atoms with Gasteiger partial charge >= 0.3 is 0 Å². The van der Waals surface area contributed by atoms with Crippen LogP contribution in [0.5, 0.6) is 28.7 Å². The summed E-state index contributed by atoms with van der Waals surface area (Å²) in [6.45, 7) is 2.12. The highest BCUT2D eigenvalue weighted by Gasteiger charge is 2.17. The minimum Gasteiger partial charge on any atom is -0.497 e. The first-order valence-corrected chi connectivity index (χ1v) is 19.9. The number of aromatic nitrogens is 6. The lowest BCUT2D eigenvalue weighted by Crippen LogP contribution is -1.96. The van der Waals surface area contributed by atoms with Gasteiger partial charge in [-0.2, -0.15) is 0 Å². The third-order valence-electron chi connectivity index (χ3n) is 11.0. The van der Waals surface area contributed by atoms with E-state index in [0.717, 1.165) is 83.9 Å². The van der Waals surface area contributed by atoms with Gasteiger partial charge < -0.3 is 14.2 Å². The molecule has 0 spiro atoms. The molecule has 0 amide bonds. The smallest absolute Gasteiger partial charge is 0.137 e. The summed E-state index contributed by atoms with van der Waals surface area (Å²) in [5.41, 5.74) is 8.58. The Bertz CT molecular complexity index is 3420. The van der Waals surface area contributed by atoms with Crippen molar-refractivity contribution in [3.05, 3.63) is 188 Å². The lowest BCUT2D eigenvalue weighted by atomic mass is 10.1. The van der Waals surface area contributed by atoms with Crippen LogP contribution in [0.4, 0.5) is 0 Å². The SMILES string of the molecule is COc1ccc2c(c1)c1ccc(Oc3cccc(-c4cnc(-c5cccc(Oc6ccc7c8cc(C)ccc8n(-c8ccccn8)c7c6)c5)cn4)c3)cc1n2-c1ccccn1. The number of methoxy groups -OCH3 is 1. The Morgan fingerprint density at radius 3 is 1.41 bits per heavy atom. The summed E-state index contributed by atoms with van der Waals surface area (Å²) >= 11 is 0. The highest BCUT2D eigenvalue weighted by atomic mass is 16.5. The summed E-state index contributed by atoms with van der Waals surface area (Å²) in [6.07, 6.45) is 7.21. The number of hydrogen-bond acceptors (Lipinski definition) is 7. The van der Waals surface area contributed by atoms with Crippen LogP contribution >= 0.6 is 0 Å². The number of benzene rings is 6. The highest BCUT2D eigenvalue weighted by molar-refractivity contribution is 6.11. The number of aryl methyl sites for hydroxylation is 1. The van der Waals surface area contributed by atoms with Crippen molar-refractivity contribution in [2.75, 3.05) is 7.11 Å². The highest BCUT2D eigenvalue weighted by Crippen LogP contribution is 2.38. The van der Waals surface area contributed by atoms with E-state index in [4.69, 9.17) is 24.2 Å². The fraction of sp³-hybridized carbons (Fsp3) is 0.0385. The standard InChI is InChI=1S/C52H36N6O3/c1-33-15-21-47-43(25-33)41-19-16-39(29-49(41)57(47)51-13-3-5-23-53-51)60-37-11-7-9-34(26-37)45-31-56-46(32-55-45)35-10-8-12-38(27-35)61-40-17-20-42-44-28-36(59-2)18-22-48(44)58(50(42)30-40)52-14-4-6-24-54-52/h3-32H,1-2H3. The number of nitrogens with zero attached hydrogens (tertiary/aromatic N) is 6. The first-order valence-electron chi connectivity index (χ1n) is 19.9. The van der Waals surface area contributed by atoms with Crippen LogP contribution in [0.1, 0.15) is 5.56 Å². The zero-order chi connectivity index (χ0) is 40.9. The van der Waals surface area contributed by atoms with Gasteiger partial charge in [0.15, 0.2) is 0 Å². The maximum absolute atomic E-state index is 6.49. The quantitative estimate of drug-likeness (QED) is 0.144. The van der Waals surface area contributed by atoms with Gasteiger partial charge in [0.2, 0.25) is 0 Å². The molecule has 11 aromatic rings. The predicted octanol–water partition coefficient (Wildman–Crippen LogP) is 12.7. The fourth-order valence-corrected chi connectivity index (χ4v) is 8.15. The van der Waals surface area contributed by atoms with Gasteiger partial charge in [0.1, 0.15) is 40.4 Å². The monoisotopic (exact) mass is 792 g/mol. The van der Waals surface area contributed by atoms with Crippen LogP contribution in [0, 0.1) is 6.92 Å². The second-order valence-electron chi connectivity index (χ2n) is 14.9. The van der Waals surface area contributed by atoms with E-state index in [2.05, 4.69) is 80.6 Å². The van der Waals surface area contributed by atoms with Crippen LogP contribution in [0.25, 0.3) is 77.8 Å². The molecule has 0 atom stereocenters. The molecule has 0 bridgehead atoms. The van der Waals surface area contributed by atoms with E-state index in [1.165, 1.54) is 10.9 Å². The van der Waals surface area contributed by atoms with Crippen molar-refractivity contribution in [3.8, 4) is 62.9 Å². The van der Waals surface area contributed by atoms with Gasteiger partial charge in [-0.25, -0.2) is 9.97 Å². The van der Waals surface area contributed by atoms with Gasteiger partial charge in [0.25, 0.3) is 0 Å². The van der Waals surface area contributed by atoms with Crippen molar-refractivity contribution in [1.29, 1.82) is 0 Å². The van der Waals surface area contributed by atoms with Gasteiger partial charge in [-0.3, -0.25) is 19.1 Å². The van der Waals surface area contributed by atoms with Gasteiger partial charge in [0.05, 0.1) is 53.0 Å². The number of fused-ring (bicyclic) bond motifs is 6. The van der Waals surface area contributed by atoms with Crippen molar-refractivity contribution >= 4 is 43.6 Å². The molecule has 0 aliphatic carbocycles. The Hall–Kier alpha value is -8.30. The third-order valence-corrected chi connectivity index (χ3v) is 11.0. The van der Waals surface area contributed by atoms with Crippen molar-refractivity contribution in [1.82, 2.24) is 29.1 Å². The van der Waals surface area contributed by atoms with E-state index >= 15 is 0 Å². The van der Waals surface area contributed by atoms with Gasteiger partial charge in [0, 0.05) is 57.2 Å². The van der Waals surface area contributed by atoms with Crippen molar-refractivity contribution < 1.29 is 14.2 Å². The molecule has 61 heavy (non-hydrogen) atoms. The lowest BCUT2D eigenvalue weighted by molar-refractivity contribution is 0.415. The molecule has 0 N–H and O–H groups in total. The molecule has 0 aliphatic rings. The molecule has 5 aromatic heterocycles. The minimum atomic E-state index is 0.684. The Morgan fingerprint density at radius 1 is 0.393 bits per heavy atom. The van der Waals surface area contributed by atoms with E-state index in [1.807, 2.05) is 109 Å². The molecule has 0 unspecified atom stereocenters. The summed E-state index contributed by atoms with van der Waals surface area (Å²) in [7, 11) is 1.68. The number of hydrogen-bond donors (Lipinski definition) is 0.